The van der Waals surface area contributed by atoms with E-state index in [1.165, 1.54) is 13.0 Å². The molecule has 0 fully saturated rings. The third-order valence-electron chi connectivity index (χ3n) is 2.26. The van der Waals surface area contributed by atoms with Gasteiger partial charge in [0.2, 0.25) is 0 Å². The first-order valence-corrected chi connectivity index (χ1v) is 5.44. The second kappa shape index (κ2) is 6.62. The third-order valence-corrected chi connectivity index (χ3v) is 2.26. The smallest absolute Gasteiger partial charge is 0.429 e. The zero-order valence-corrected chi connectivity index (χ0v) is 10.7. The molecule has 124 valence electrons. The van der Waals surface area contributed by atoms with Gasteiger partial charge in [0.05, 0.1) is 0 Å². The molecule has 0 saturated carbocycles. The molecule has 0 aliphatic heterocycles. The van der Waals surface area contributed by atoms with Crippen LogP contribution in [0.5, 0.6) is 0 Å². The summed E-state index contributed by atoms with van der Waals surface area (Å²) in [5.74, 6) is -1.57. The van der Waals surface area contributed by atoms with Crippen LogP contribution in [0.1, 0.15) is 6.92 Å². The Morgan fingerprint density at radius 3 is 1.90 bits per heavy atom. The first kappa shape index (κ1) is 19.7. The minimum absolute atomic E-state index is 0.536. The Morgan fingerprint density at radius 1 is 1.14 bits per heavy atom. The molecule has 0 heterocycles. The maximum absolute atomic E-state index is 12.3. The van der Waals surface area contributed by atoms with Crippen LogP contribution in [0.25, 0.3) is 0 Å². The molecule has 0 radical (unpaired) electrons. The van der Waals surface area contributed by atoms with Crippen LogP contribution in [-0.2, 0) is 9.53 Å². The fraction of sp³-hybridized carbons (Fsp3) is 0.700. The highest BCUT2D eigenvalue weighted by molar-refractivity contribution is 5.77. The summed E-state index contributed by atoms with van der Waals surface area (Å²) < 4.78 is 77.5. The van der Waals surface area contributed by atoms with Gasteiger partial charge in [0.1, 0.15) is 12.6 Å². The van der Waals surface area contributed by atoms with Crippen molar-refractivity contribution >= 4 is 5.97 Å². The minimum atomic E-state index is -6.07. The van der Waals surface area contributed by atoms with Gasteiger partial charge in [-0.1, -0.05) is 12.2 Å². The SMILES string of the molecule is CC(N)/C=C\C(N)C(=O)OCC(O)(C(F)(F)F)C(F)(F)F. The maximum atomic E-state index is 12.3. The van der Waals surface area contributed by atoms with E-state index < -0.39 is 42.6 Å². The van der Waals surface area contributed by atoms with Crippen LogP contribution in [0.15, 0.2) is 12.2 Å². The highest BCUT2D eigenvalue weighted by Crippen LogP contribution is 2.43. The Hall–Kier alpha value is -1.33. The van der Waals surface area contributed by atoms with Gasteiger partial charge in [-0.15, -0.1) is 0 Å². The average molecular weight is 324 g/mol. The van der Waals surface area contributed by atoms with E-state index in [4.69, 9.17) is 16.6 Å². The molecule has 5 N–H and O–H groups in total. The maximum Gasteiger partial charge on any atom is 0.429 e. The van der Waals surface area contributed by atoms with Gasteiger partial charge < -0.3 is 21.3 Å². The van der Waals surface area contributed by atoms with Crippen molar-refractivity contribution in [3.63, 3.8) is 0 Å². The van der Waals surface area contributed by atoms with Gasteiger partial charge in [-0.25, -0.2) is 0 Å². The summed E-state index contributed by atoms with van der Waals surface area (Å²) in [6.07, 6.45) is -9.99. The van der Waals surface area contributed by atoms with Gasteiger partial charge in [0, 0.05) is 6.04 Å². The molecular weight excluding hydrogens is 310 g/mol. The number of halogens is 6. The van der Waals surface area contributed by atoms with E-state index in [2.05, 4.69) is 4.74 Å². The van der Waals surface area contributed by atoms with E-state index >= 15 is 0 Å². The van der Waals surface area contributed by atoms with E-state index in [9.17, 15) is 31.1 Å². The number of alkyl halides is 6. The van der Waals surface area contributed by atoms with Crippen LogP contribution in [0.3, 0.4) is 0 Å². The predicted octanol–water partition coefficient (Wildman–Crippen LogP) is 0.616. The van der Waals surface area contributed by atoms with Crippen molar-refractivity contribution in [3.05, 3.63) is 12.2 Å². The Morgan fingerprint density at radius 2 is 1.57 bits per heavy atom. The Kier molecular flexibility index (Phi) is 6.20. The van der Waals surface area contributed by atoms with Gasteiger partial charge >= 0.3 is 18.3 Å². The molecule has 0 amide bonds. The fourth-order valence-electron chi connectivity index (χ4n) is 0.970. The molecule has 2 unspecified atom stereocenters. The van der Waals surface area contributed by atoms with Crippen LogP contribution in [-0.4, -0.2) is 47.7 Å². The summed E-state index contributed by atoms with van der Waals surface area (Å²) in [7, 11) is 0. The summed E-state index contributed by atoms with van der Waals surface area (Å²) in [4.78, 5) is 11.2. The normalized spacial score (nSPS) is 16.9. The standard InChI is InChI=1S/C10H14F6N2O3/c1-5(17)2-3-6(18)7(19)21-4-8(20,9(11,12)13)10(14,15)16/h2-3,5-6,20H,4,17-18H2,1H3/b3-2-. The third kappa shape index (κ3) is 5.17. The second-order valence-corrected chi connectivity index (χ2v) is 4.23. The van der Waals surface area contributed by atoms with Crippen LogP contribution in [0, 0.1) is 0 Å². The lowest BCUT2D eigenvalue weighted by molar-refractivity contribution is -0.375. The summed E-state index contributed by atoms with van der Waals surface area (Å²) in [5.41, 5.74) is 5.25. The molecule has 0 aliphatic rings. The number of hydrogen-bond donors (Lipinski definition) is 3. The number of carbonyl (C=O) groups excluding carboxylic acids is 1. The number of carbonyl (C=O) groups is 1. The van der Waals surface area contributed by atoms with Crippen molar-refractivity contribution in [1.82, 2.24) is 0 Å². The van der Waals surface area contributed by atoms with E-state index in [0.717, 1.165) is 6.08 Å². The van der Waals surface area contributed by atoms with Crippen molar-refractivity contribution in [1.29, 1.82) is 0 Å². The minimum Gasteiger partial charge on any atom is -0.460 e. The van der Waals surface area contributed by atoms with E-state index in [-0.39, 0.29) is 0 Å². The molecule has 2 atom stereocenters. The summed E-state index contributed by atoms with van der Waals surface area (Å²) >= 11 is 0. The van der Waals surface area contributed by atoms with Crippen LogP contribution in [0.4, 0.5) is 26.3 Å². The van der Waals surface area contributed by atoms with E-state index in [1.54, 1.807) is 0 Å². The number of esters is 1. The number of hydrogen-bond acceptors (Lipinski definition) is 5. The Bertz CT molecular complexity index is 377. The highest BCUT2D eigenvalue weighted by Gasteiger charge is 2.71. The van der Waals surface area contributed by atoms with Gasteiger partial charge in [-0.2, -0.15) is 26.3 Å². The Labute approximate surface area is 115 Å². The van der Waals surface area contributed by atoms with Gasteiger partial charge in [0.15, 0.2) is 0 Å². The molecule has 0 rings (SSSR count). The summed E-state index contributed by atoms with van der Waals surface area (Å²) in [6, 6.07) is -2.15. The van der Waals surface area contributed by atoms with Crippen LogP contribution < -0.4 is 11.5 Å². The molecule has 0 spiro atoms. The zero-order chi connectivity index (χ0) is 17.1. The van der Waals surface area contributed by atoms with Crippen molar-refractivity contribution in [2.45, 2.75) is 37.0 Å². The predicted molar refractivity (Wildman–Crippen MR) is 58.8 cm³/mol. The molecule has 0 bridgehead atoms. The molecule has 0 aromatic carbocycles. The highest BCUT2D eigenvalue weighted by atomic mass is 19.4. The lowest BCUT2D eigenvalue weighted by Gasteiger charge is -2.31. The lowest BCUT2D eigenvalue weighted by atomic mass is 10.0. The van der Waals surface area contributed by atoms with E-state index in [0.29, 0.717) is 0 Å². The van der Waals surface area contributed by atoms with Crippen LogP contribution >= 0.6 is 0 Å². The lowest BCUT2D eigenvalue weighted by Crippen LogP contribution is -2.60. The molecule has 0 saturated heterocycles. The van der Waals surface area contributed by atoms with Crippen molar-refractivity contribution in [3.8, 4) is 0 Å². The fourth-order valence-corrected chi connectivity index (χ4v) is 0.970. The summed E-state index contributed by atoms with van der Waals surface area (Å²) in [6.45, 7) is -0.862. The Balaban J connectivity index is 4.91. The largest absolute Gasteiger partial charge is 0.460 e. The van der Waals surface area contributed by atoms with E-state index in [1.807, 2.05) is 0 Å². The molecule has 11 heteroatoms. The summed E-state index contributed by atoms with van der Waals surface area (Å²) in [5, 5.41) is 8.73. The zero-order valence-electron chi connectivity index (χ0n) is 10.7. The number of aliphatic hydroxyl groups is 1. The molecule has 21 heavy (non-hydrogen) atoms. The number of ether oxygens (including phenoxy) is 1. The first-order valence-electron chi connectivity index (χ1n) is 5.44. The molecular formula is C10H14F6N2O3. The molecule has 0 aliphatic carbocycles. The van der Waals surface area contributed by atoms with Gasteiger partial charge in [-0.3, -0.25) is 4.79 Å². The monoisotopic (exact) mass is 324 g/mol. The second-order valence-electron chi connectivity index (χ2n) is 4.23. The van der Waals surface area contributed by atoms with Crippen molar-refractivity contribution in [2.24, 2.45) is 11.5 Å². The van der Waals surface area contributed by atoms with Gasteiger partial charge in [-0.05, 0) is 6.92 Å². The first-order chi connectivity index (χ1) is 9.22. The van der Waals surface area contributed by atoms with Crippen molar-refractivity contribution < 1.29 is 41.0 Å². The number of nitrogens with two attached hydrogens (primary N) is 2. The quantitative estimate of drug-likeness (QED) is 0.391. The number of rotatable bonds is 5. The molecule has 0 aromatic rings. The van der Waals surface area contributed by atoms with Gasteiger partial charge in [0.25, 0.3) is 5.60 Å². The average Bonchev–Trinajstić information content (AvgIpc) is 2.29. The van der Waals surface area contributed by atoms with Crippen molar-refractivity contribution in [2.75, 3.05) is 6.61 Å². The molecule has 0 aromatic heterocycles. The molecule has 5 nitrogen and oxygen atoms in total. The van der Waals surface area contributed by atoms with Crippen LogP contribution in [0.2, 0.25) is 0 Å². The topological polar surface area (TPSA) is 98.6 Å².